The summed E-state index contributed by atoms with van der Waals surface area (Å²) in [4.78, 5) is 61.6. The first-order valence-electron chi connectivity index (χ1n) is 19.5. The number of hydrogen-bond acceptors (Lipinski definition) is 10. The van der Waals surface area contributed by atoms with Gasteiger partial charge in [-0.2, -0.15) is 13.2 Å². The number of hydrogen-bond donors (Lipinski definition) is 3. The number of amides is 4. The van der Waals surface area contributed by atoms with E-state index >= 15 is 0 Å². The van der Waals surface area contributed by atoms with Gasteiger partial charge in [-0.3, -0.25) is 24.0 Å². The number of halogens is 3. The van der Waals surface area contributed by atoms with Crippen LogP contribution in [0.25, 0.3) is 10.8 Å². The fourth-order valence-corrected chi connectivity index (χ4v) is 9.76. The van der Waals surface area contributed by atoms with Gasteiger partial charge in [0, 0.05) is 29.3 Å². The van der Waals surface area contributed by atoms with Gasteiger partial charge in [0.1, 0.15) is 43.0 Å². The number of fused-ring (bicyclic) bond motifs is 5. The molecule has 3 fully saturated rings. The summed E-state index contributed by atoms with van der Waals surface area (Å²) in [5, 5.41) is 14.2. The van der Waals surface area contributed by atoms with Gasteiger partial charge in [0.2, 0.25) is 27.7 Å². The molecular weight excluding hydrogens is 788 g/mol. The Morgan fingerprint density at radius 2 is 1.84 bits per heavy atom. The maximum absolute atomic E-state index is 14.9. The Bertz CT molecular complexity index is 2130. The van der Waals surface area contributed by atoms with E-state index in [0.29, 0.717) is 68.1 Å². The number of nitrogens with one attached hydrogen (secondary N) is 2. The largest absolute Gasteiger partial charge is 0.486 e. The first kappa shape index (κ1) is 41.4. The van der Waals surface area contributed by atoms with Crippen molar-refractivity contribution >= 4 is 44.6 Å². The molecule has 0 spiro atoms. The smallest absolute Gasteiger partial charge is 0.408 e. The van der Waals surface area contributed by atoms with Crippen molar-refractivity contribution in [1.82, 2.24) is 24.8 Å². The molecule has 0 unspecified atom stereocenters. The predicted octanol–water partition coefficient (Wildman–Crippen LogP) is 4.54. The summed E-state index contributed by atoms with van der Waals surface area (Å²) < 4.78 is 88.3. The van der Waals surface area contributed by atoms with E-state index in [1.807, 2.05) is 6.92 Å². The molecular formula is C39H48F3N5O10S. The Labute approximate surface area is 333 Å². The highest BCUT2D eigenvalue weighted by molar-refractivity contribution is 7.91. The summed E-state index contributed by atoms with van der Waals surface area (Å²) in [5.41, 5.74) is -1.71. The van der Waals surface area contributed by atoms with E-state index in [-0.39, 0.29) is 42.5 Å². The monoisotopic (exact) mass is 835 g/mol. The van der Waals surface area contributed by atoms with Gasteiger partial charge in [0.15, 0.2) is 11.5 Å². The van der Waals surface area contributed by atoms with E-state index < -0.39 is 86.4 Å². The number of carbonyl (C=O) groups excluding carboxylic acids is 3. The van der Waals surface area contributed by atoms with Crippen LogP contribution in [0.5, 0.6) is 17.4 Å². The third-order valence-corrected chi connectivity index (χ3v) is 14.5. The second-order valence-corrected chi connectivity index (χ2v) is 18.8. The highest BCUT2D eigenvalue weighted by atomic mass is 32.2. The summed E-state index contributed by atoms with van der Waals surface area (Å²) in [5.74, 6) is -3.50. The first-order valence-corrected chi connectivity index (χ1v) is 21.0. The zero-order valence-corrected chi connectivity index (χ0v) is 33.4. The number of alkyl halides is 3. The SMILES string of the molecule is C[C@@H]1CC/C=C\[C@@H]2C[C@@]2(C(=O)NS(=O)(=O)C2(C)CC2)NC(=O)[C@@H]2C[C@@H](Oc3nccc4c5c(ccc34)OCCO5)CN2C(=O)[C@@H](N(C(=O)O)[C@H](C)C(F)(F)F)[C@H](C)C1. The van der Waals surface area contributed by atoms with E-state index in [1.54, 1.807) is 30.4 Å². The average molecular weight is 836 g/mol. The third-order valence-electron chi connectivity index (χ3n) is 12.3. The topological polar surface area (TPSA) is 194 Å². The second kappa shape index (κ2) is 15.1. The molecule has 8 atom stereocenters. The minimum Gasteiger partial charge on any atom is -0.486 e. The number of aromatic nitrogens is 1. The van der Waals surface area contributed by atoms with Crippen LogP contribution in [0.4, 0.5) is 18.0 Å². The standard InChI is InChI=1S/C39H48F3N5O10S/c1-21-7-5-6-8-24-19-38(24,35(50)45-58(53,54)37(4)12-13-37)44-32(48)28-18-25(57-33-27-9-10-29-31(56-16-15-55-29)26(27)11-14-43-33)20-46(28)34(49)30(22(2)17-21)47(36(51)52)23(3)39(40,41)42/h6,8-11,14,21-25,28,30H,5,7,12-13,15-20H2,1-4H3,(H,44,48)(H,45,50)(H,51,52)/b8-6-/t21-,22-,23-,24-,25-,28+,30+,38-/m1/s1. The number of carboxylic acid groups (broad SMARTS) is 1. The van der Waals surface area contributed by atoms with Crippen LogP contribution in [0.1, 0.15) is 72.6 Å². The lowest BCUT2D eigenvalue weighted by atomic mass is 9.86. The Balaban J connectivity index is 1.27. The molecule has 3 N–H and O–H groups in total. The molecule has 4 amide bonds. The van der Waals surface area contributed by atoms with Crippen LogP contribution in [0.15, 0.2) is 36.5 Å². The maximum atomic E-state index is 14.9. The van der Waals surface area contributed by atoms with Crippen LogP contribution in [0.2, 0.25) is 0 Å². The third kappa shape index (κ3) is 7.73. The number of ether oxygens (including phenoxy) is 3. The molecule has 2 saturated carbocycles. The number of pyridine rings is 1. The Morgan fingerprint density at radius 1 is 1.12 bits per heavy atom. The second-order valence-electron chi connectivity index (χ2n) is 16.6. The van der Waals surface area contributed by atoms with Gasteiger partial charge in [-0.05, 0) is 82.4 Å². The molecule has 316 valence electrons. The van der Waals surface area contributed by atoms with Gasteiger partial charge in [-0.15, -0.1) is 0 Å². The Hall–Kier alpha value is -4.81. The number of rotatable bonds is 7. The molecule has 19 heteroatoms. The number of benzene rings is 1. The van der Waals surface area contributed by atoms with Crippen molar-refractivity contribution in [3.05, 3.63) is 36.5 Å². The molecule has 7 rings (SSSR count). The van der Waals surface area contributed by atoms with E-state index in [9.17, 15) is 45.9 Å². The van der Waals surface area contributed by atoms with Crippen molar-refractivity contribution in [3.63, 3.8) is 0 Å². The molecule has 0 radical (unpaired) electrons. The molecule has 3 aliphatic heterocycles. The lowest BCUT2D eigenvalue weighted by molar-refractivity contribution is -0.184. The molecule has 15 nitrogen and oxygen atoms in total. The molecule has 1 aromatic heterocycles. The van der Waals surface area contributed by atoms with Crippen molar-refractivity contribution in [2.75, 3.05) is 19.8 Å². The van der Waals surface area contributed by atoms with Crippen molar-refractivity contribution < 1.29 is 60.1 Å². The van der Waals surface area contributed by atoms with Gasteiger partial charge in [-0.1, -0.05) is 26.0 Å². The van der Waals surface area contributed by atoms with Gasteiger partial charge in [-0.25, -0.2) is 18.2 Å². The first-order chi connectivity index (χ1) is 27.3. The van der Waals surface area contributed by atoms with E-state index in [4.69, 9.17) is 14.2 Å². The lowest BCUT2D eigenvalue weighted by Gasteiger charge is -2.40. The Kier molecular flexibility index (Phi) is 10.8. The fraction of sp³-hybridized carbons (Fsp3) is 0.615. The van der Waals surface area contributed by atoms with E-state index in [0.717, 1.165) is 4.90 Å². The quantitative estimate of drug-likeness (QED) is 0.332. The molecule has 0 bridgehead atoms. The van der Waals surface area contributed by atoms with Crippen LogP contribution in [0, 0.1) is 17.8 Å². The summed E-state index contributed by atoms with van der Waals surface area (Å²) >= 11 is 0. The van der Waals surface area contributed by atoms with E-state index in [1.165, 1.54) is 20.0 Å². The Morgan fingerprint density at radius 3 is 2.53 bits per heavy atom. The summed E-state index contributed by atoms with van der Waals surface area (Å²) in [6, 6.07) is -0.839. The highest BCUT2D eigenvalue weighted by Crippen LogP contribution is 2.48. The normalized spacial score (nSPS) is 30.7. The molecule has 1 saturated heterocycles. The van der Waals surface area contributed by atoms with Crippen LogP contribution in [-0.4, -0.2) is 113 Å². The lowest BCUT2D eigenvalue weighted by Crippen LogP contribution is -2.62. The molecule has 1 aromatic carbocycles. The fourth-order valence-electron chi connectivity index (χ4n) is 8.44. The zero-order chi connectivity index (χ0) is 41.9. The molecule has 2 aliphatic carbocycles. The van der Waals surface area contributed by atoms with Gasteiger partial charge in [0.25, 0.3) is 5.91 Å². The highest BCUT2D eigenvalue weighted by Gasteiger charge is 2.63. The molecule has 5 aliphatic rings. The van der Waals surface area contributed by atoms with Gasteiger partial charge < -0.3 is 29.5 Å². The number of carbonyl (C=O) groups is 4. The van der Waals surface area contributed by atoms with E-state index in [2.05, 4.69) is 15.0 Å². The number of allylic oxidation sites excluding steroid dienone is 1. The molecule has 2 aromatic rings. The van der Waals surface area contributed by atoms with Gasteiger partial charge >= 0.3 is 12.3 Å². The van der Waals surface area contributed by atoms with Crippen LogP contribution in [-0.2, 0) is 24.4 Å². The molecule has 4 heterocycles. The minimum atomic E-state index is -5.04. The molecule has 58 heavy (non-hydrogen) atoms. The van der Waals surface area contributed by atoms with Crippen molar-refractivity contribution in [1.29, 1.82) is 0 Å². The average Bonchev–Trinajstić information content (AvgIpc) is 4.04. The van der Waals surface area contributed by atoms with Crippen LogP contribution in [0.3, 0.4) is 0 Å². The predicted molar refractivity (Wildman–Crippen MR) is 201 cm³/mol. The van der Waals surface area contributed by atoms with Crippen LogP contribution >= 0.6 is 0 Å². The number of sulfonamides is 1. The van der Waals surface area contributed by atoms with Gasteiger partial charge in [0.05, 0.1) is 11.3 Å². The van der Waals surface area contributed by atoms with Crippen molar-refractivity contribution in [3.8, 4) is 17.4 Å². The summed E-state index contributed by atoms with van der Waals surface area (Å²) in [6.07, 6.45) is -1.30. The minimum absolute atomic E-state index is 0.0506. The number of nitrogens with zero attached hydrogens (tertiary/aromatic N) is 3. The maximum Gasteiger partial charge on any atom is 0.408 e. The zero-order valence-electron chi connectivity index (χ0n) is 32.6. The summed E-state index contributed by atoms with van der Waals surface area (Å²) in [6.45, 7) is 5.86. The van der Waals surface area contributed by atoms with Crippen LogP contribution < -0.4 is 24.2 Å². The summed E-state index contributed by atoms with van der Waals surface area (Å²) in [7, 11) is -4.12. The van der Waals surface area contributed by atoms with Crippen molar-refractivity contribution in [2.45, 2.75) is 113 Å². The van der Waals surface area contributed by atoms with Crippen molar-refractivity contribution in [2.24, 2.45) is 17.8 Å².